The zero-order chi connectivity index (χ0) is 14.0. The molecular formula is C14H17N3O2. The van der Waals surface area contributed by atoms with Gasteiger partial charge in [-0.2, -0.15) is 0 Å². The van der Waals surface area contributed by atoms with Crippen LogP contribution in [0.25, 0.3) is 5.57 Å². The number of nitrogen functional groups attached to an aromatic ring is 1. The van der Waals surface area contributed by atoms with Crippen LogP contribution >= 0.6 is 0 Å². The first kappa shape index (κ1) is 13.1. The van der Waals surface area contributed by atoms with E-state index < -0.39 is 0 Å². The zero-order valence-corrected chi connectivity index (χ0v) is 11.0. The van der Waals surface area contributed by atoms with Crippen molar-refractivity contribution in [3.05, 3.63) is 29.0 Å². The Morgan fingerprint density at radius 3 is 2.68 bits per heavy atom. The highest BCUT2D eigenvalue weighted by Crippen LogP contribution is 2.34. The van der Waals surface area contributed by atoms with Crippen LogP contribution in [0.1, 0.15) is 28.8 Å². The van der Waals surface area contributed by atoms with Gasteiger partial charge in [-0.3, -0.25) is 4.79 Å². The van der Waals surface area contributed by atoms with Crippen LogP contribution in [0.2, 0.25) is 0 Å². The molecule has 0 heterocycles. The number of methoxy groups -OCH3 is 1. The van der Waals surface area contributed by atoms with E-state index in [4.69, 9.17) is 15.9 Å². The predicted molar refractivity (Wildman–Crippen MR) is 75.7 cm³/mol. The number of hydrogen-bond acceptors (Lipinski definition) is 5. The van der Waals surface area contributed by atoms with E-state index in [9.17, 15) is 4.79 Å². The van der Waals surface area contributed by atoms with E-state index >= 15 is 0 Å². The van der Waals surface area contributed by atoms with Crippen molar-refractivity contribution in [1.29, 1.82) is 5.41 Å². The summed E-state index contributed by atoms with van der Waals surface area (Å²) in [5, 5.41) is 10.6. The monoisotopic (exact) mass is 259 g/mol. The molecule has 0 saturated heterocycles. The fourth-order valence-corrected chi connectivity index (χ4v) is 2.32. The van der Waals surface area contributed by atoms with Gasteiger partial charge in [-0.25, -0.2) is 0 Å². The molecule has 0 aromatic heterocycles. The number of allylic oxidation sites excluding steroid dienone is 2. The SMILES string of the molecule is CNC1=C(C=N)c2cc(N)c(OC)cc2C(=O)CC1. The Morgan fingerprint density at radius 1 is 1.37 bits per heavy atom. The maximum atomic E-state index is 12.2. The van der Waals surface area contributed by atoms with Crippen molar-refractivity contribution in [2.75, 3.05) is 19.9 Å². The largest absolute Gasteiger partial charge is 0.495 e. The van der Waals surface area contributed by atoms with Gasteiger partial charge >= 0.3 is 0 Å². The van der Waals surface area contributed by atoms with E-state index in [1.165, 1.54) is 13.3 Å². The number of nitrogens with one attached hydrogen (secondary N) is 2. The van der Waals surface area contributed by atoms with E-state index in [0.29, 0.717) is 41.0 Å². The van der Waals surface area contributed by atoms with Crippen molar-refractivity contribution in [2.45, 2.75) is 12.8 Å². The second-order valence-electron chi connectivity index (χ2n) is 4.35. The minimum absolute atomic E-state index is 0.0397. The van der Waals surface area contributed by atoms with Crippen LogP contribution in [0.5, 0.6) is 5.75 Å². The molecule has 0 saturated carbocycles. The second kappa shape index (κ2) is 5.14. The van der Waals surface area contributed by atoms with Gasteiger partial charge < -0.3 is 21.2 Å². The lowest BCUT2D eigenvalue weighted by Gasteiger charge is -2.13. The normalized spacial score (nSPS) is 14.7. The van der Waals surface area contributed by atoms with Crippen molar-refractivity contribution >= 4 is 23.3 Å². The van der Waals surface area contributed by atoms with Crippen molar-refractivity contribution in [3.8, 4) is 5.75 Å². The molecule has 1 aromatic rings. The molecule has 2 rings (SSSR count). The van der Waals surface area contributed by atoms with Crippen LogP contribution in [-0.2, 0) is 0 Å². The lowest BCUT2D eigenvalue weighted by Crippen LogP contribution is -2.09. The van der Waals surface area contributed by atoms with Crippen LogP contribution in [0, 0.1) is 5.41 Å². The first-order valence-corrected chi connectivity index (χ1v) is 6.04. The van der Waals surface area contributed by atoms with Gasteiger partial charge in [-0.1, -0.05) is 0 Å². The summed E-state index contributed by atoms with van der Waals surface area (Å²) in [6, 6.07) is 3.37. The Kier molecular flexibility index (Phi) is 3.55. The van der Waals surface area contributed by atoms with Crippen LogP contribution in [0.15, 0.2) is 17.8 Å². The zero-order valence-electron chi connectivity index (χ0n) is 11.0. The number of fused-ring (bicyclic) bond motifs is 1. The van der Waals surface area contributed by atoms with Crippen LogP contribution in [-0.4, -0.2) is 26.2 Å². The average Bonchev–Trinajstić information content (AvgIpc) is 2.54. The lowest BCUT2D eigenvalue weighted by molar-refractivity contribution is 0.0983. The molecule has 19 heavy (non-hydrogen) atoms. The Hall–Kier alpha value is -2.30. The van der Waals surface area contributed by atoms with Crippen LogP contribution in [0.3, 0.4) is 0 Å². The van der Waals surface area contributed by atoms with Gasteiger partial charge in [0.1, 0.15) is 5.75 Å². The molecule has 0 spiro atoms. The van der Waals surface area contributed by atoms with E-state index in [1.807, 2.05) is 0 Å². The first-order valence-electron chi connectivity index (χ1n) is 6.04. The number of hydrogen-bond donors (Lipinski definition) is 3. The molecule has 0 aliphatic heterocycles. The smallest absolute Gasteiger partial charge is 0.164 e. The first-order chi connectivity index (χ1) is 9.12. The quantitative estimate of drug-likeness (QED) is 0.571. The van der Waals surface area contributed by atoms with Crippen LogP contribution in [0.4, 0.5) is 5.69 Å². The van der Waals surface area contributed by atoms with Crippen molar-refractivity contribution in [1.82, 2.24) is 5.32 Å². The molecule has 100 valence electrons. The summed E-state index contributed by atoms with van der Waals surface area (Å²) in [7, 11) is 3.31. The summed E-state index contributed by atoms with van der Waals surface area (Å²) in [6.45, 7) is 0. The average molecular weight is 259 g/mol. The maximum absolute atomic E-state index is 12.2. The number of carbonyl (C=O) groups excluding carboxylic acids is 1. The molecule has 1 aliphatic carbocycles. The molecule has 0 fully saturated rings. The van der Waals surface area contributed by atoms with Gasteiger partial charge in [-0.05, 0) is 24.1 Å². The molecule has 0 radical (unpaired) electrons. The molecule has 1 aromatic carbocycles. The highest BCUT2D eigenvalue weighted by Gasteiger charge is 2.22. The summed E-state index contributed by atoms with van der Waals surface area (Å²) < 4.78 is 5.16. The number of benzene rings is 1. The van der Waals surface area contributed by atoms with Crippen molar-refractivity contribution in [3.63, 3.8) is 0 Å². The highest BCUT2D eigenvalue weighted by atomic mass is 16.5. The second-order valence-corrected chi connectivity index (χ2v) is 4.35. The van der Waals surface area contributed by atoms with E-state index in [2.05, 4.69) is 5.32 Å². The van der Waals surface area contributed by atoms with Crippen molar-refractivity contribution < 1.29 is 9.53 Å². The third-order valence-electron chi connectivity index (χ3n) is 3.33. The highest BCUT2D eigenvalue weighted by molar-refractivity contribution is 6.16. The maximum Gasteiger partial charge on any atom is 0.164 e. The fourth-order valence-electron chi connectivity index (χ4n) is 2.32. The minimum Gasteiger partial charge on any atom is -0.495 e. The Balaban J connectivity index is 2.73. The number of Topliss-reactive ketones (excluding diaryl/α,β-unsaturated/α-hetero) is 1. The number of rotatable bonds is 3. The molecule has 0 bridgehead atoms. The summed E-state index contributed by atoms with van der Waals surface area (Å²) >= 11 is 0. The summed E-state index contributed by atoms with van der Waals surface area (Å²) in [5.74, 6) is 0.530. The number of nitrogens with two attached hydrogens (primary N) is 1. The number of ketones is 1. The molecule has 1 aliphatic rings. The van der Waals surface area contributed by atoms with Gasteiger partial charge in [0.05, 0.1) is 12.8 Å². The molecule has 0 atom stereocenters. The number of ether oxygens (including phenoxy) is 1. The standard InChI is InChI=1S/C14H17N3O2/c1-17-12-3-4-13(18)9-6-14(19-2)11(16)5-8(9)10(12)7-15/h5-7,15,17H,3-4,16H2,1-2H3. The number of anilines is 1. The van der Waals surface area contributed by atoms with Crippen LogP contribution < -0.4 is 15.8 Å². The van der Waals surface area contributed by atoms with Gasteiger partial charge in [0, 0.05) is 36.5 Å². The molecular weight excluding hydrogens is 242 g/mol. The summed E-state index contributed by atoms with van der Waals surface area (Å²) in [4.78, 5) is 12.2. The van der Waals surface area contributed by atoms with Gasteiger partial charge in [0.25, 0.3) is 0 Å². The summed E-state index contributed by atoms with van der Waals surface area (Å²) in [6.07, 6.45) is 2.26. The Bertz CT molecular complexity index is 576. The molecule has 5 nitrogen and oxygen atoms in total. The van der Waals surface area contributed by atoms with Crippen molar-refractivity contribution in [2.24, 2.45) is 0 Å². The van der Waals surface area contributed by atoms with Gasteiger partial charge in [-0.15, -0.1) is 0 Å². The predicted octanol–water partition coefficient (Wildman–Crippen LogP) is 1.83. The van der Waals surface area contributed by atoms with Gasteiger partial charge in [0.2, 0.25) is 0 Å². The molecule has 0 unspecified atom stereocenters. The van der Waals surface area contributed by atoms with E-state index in [-0.39, 0.29) is 5.78 Å². The molecule has 5 heteroatoms. The Labute approximate surface area is 112 Å². The fraction of sp³-hybridized carbons (Fsp3) is 0.286. The minimum atomic E-state index is 0.0397. The lowest BCUT2D eigenvalue weighted by atomic mass is 9.97. The van der Waals surface area contributed by atoms with Gasteiger partial charge in [0.15, 0.2) is 5.78 Å². The summed E-state index contributed by atoms with van der Waals surface area (Å²) in [5.41, 5.74) is 9.21. The van der Waals surface area contributed by atoms with E-state index in [1.54, 1.807) is 19.2 Å². The van der Waals surface area contributed by atoms with E-state index in [0.717, 1.165) is 5.70 Å². The third-order valence-corrected chi connectivity index (χ3v) is 3.33. The number of carbonyl (C=O) groups is 1. The molecule has 0 amide bonds. The Morgan fingerprint density at radius 2 is 2.11 bits per heavy atom. The topological polar surface area (TPSA) is 88.2 Å². The molecule has 4 N–H and O–H groups in total. The third kappa shape index (κ3) is 2.19.